The van der Waals surface area contributed by atoms with Crippen LogP contribution in [0, 0.1) is 34.5 Å². The summed E-state index contributed by atoms with van der Waals surface area (Å²) in [6, 6.07) is -0.569. The molecule has 0 aromatic rings. The molecular formula is C22H33NO6. The number of hydrogen-bond acceptors (Lipinski definition) is 7. The van der Waals surface area contributed by atoms with Gasteiger partial charge < -0.3 is 30.3 Å². The number of aliphatic hydroxyl groups excluding tert-OH is 3. The number of likely N-dealkylation sites (N-methyl/N-ethyl adjacent to an activating group) is 1. The predicted molar refractivity (Wildman–Crippen MR) is 103 cm³/mol. The second-order valence-electron chi connectivity index (χ2n) is 10.9. The molecule has 6 aliphatic rings. The number of aliphatic hydroxyl groups is 5. The molecule has 162 valence electrons. The monoisotopic (exact) mass is 407 g/mol. The van der Waals surface area contributed by atoms with Gasteiger partial charge in [0.25, 0.3) is 0 Å². The van der Waals surface area contributed by atoms with Crippen molar-refractivity contribution in [2.24, 2.45) is 34.5 Å². The molecule has 1 heterocycles. The summed E-state index contributed by atoms with van der Waals surface area (Å²) in [5.41, 5.74) is -4.74. The molecule has 0 amide bonds. The molecule has 5 N–H and O–H groups in total. The number of rotatable bonds is 2. The van der Waals surface area contributed by atoms with Gasteiger partial charge in [-0.15, -0.1) is 0 Å². The fourth-order valence-electron chi connectivity index (χ4n) is 9.68. The fourth-order valence-corrected chi connectivity index (χ4v) is 9.68. The van der Waals surface area contributed by atoms with Crippen LogP contribution in [-0.4, -0.2) is 92.3 Å². The van der Waals surface area contributed by atoms with Crippen molar-refractivity contribution in [3.8, 4) is 0 Å². The van der Waals surface area contributed by atoms with Crippen LogP contribution in [0.4, 0.5) is 0 Å². The van der Waals surface area contributed by atoms with Crippen molar-refractivity contribution in [1.82, 2.24) is 4.90 Å². The van der Waals surface area contributed by atoms with Crippen LogP contribution in [0.3, 0.4) is 0 Å². The van der Waals surface area contributed by atoms with E-state index in [1.54, 1.807) is 7.11 Å². The lowest BCUT2D eigenvalue weighted by molar-refractivity contribution is -0.308. The molecule has 1 saturated heterocycles. The van der Waals surface area contributed by atoms with Gasteiger partial charge in [0.05, 0.1) is 30.5 Å². The van der Waals surface area contributed by atoms with E-state index < -0.39 is 52.3 Å². The van der Waals surface area contributed by atoms with Gasteiger partial charge in [-0.3, -0.25) is 4.90 Å². The highest BCUT2D eigenvalue weighted by molar-refractivity contribution is 5.43. The first kappa shape index (κ1) is 19.2. The van der Waals surface area contributed by atoms with Crippen LogP contribution in [0.15, 0.2) is 12.2 Å². The van der Waals surface area contributed by atoms with Crippen LogP contribution in [0.5, 0.6) is 0 Å². The Morgan fingerprint density at radius 2 is 1.93 bits per heavy atom. The molecule has 1 spiro atoms. The summed E-state index contributed by atoms with van der Waals surface area (Å²) in [7, 11) is 1.58. The van der Waals surface area contributed by atoms with Crippen LogP contribution in [0.2, 0.25) is 0 Å². The minimum absolute atomic E-state index is 0.134. The third-order valence-corrected chi connectivity index (χ3v) is 10.3. The molecule has 0 aromatic carbocycles. The minimum atomic E-state index is -1.84. The summed E-state index contributed by atoms with van der Waals surface area (Å²) in [6.07, 6.45) is 1.41. The first-order valence-corrected chi connectivity index (χ1v) is 11.1. The molecular weight excluding hydrogens is 374 g/mol. The highest BCUT2D eigenvalue weighted by Crippen LogP contribution is 2.78. The van der Waals surface area contributed by atoms with E-state index in [4.69, 9.17) is 4.74 Å². The van der Waals surface area contributed by atoms with Crippen molar-refractivity contribution >= 4 is 0 Å². The number of likely N-dealkylation sites (tertiary alicyclic amines) is 1. The SMILES string of the molecule is CCN1C[C@]2(C)C=CC(O)C34C5CC6C(O)C5[C@](O)(C[C@@H]6OC)[C@](O)(C(O)C32)C14. The van der Waals surface area contributed by atoms with Gasteiger partial charge in [-0.25, -0.2) is 0 Å². The summed E-state index contributed by atoms with van der Waals surface area (Å²) in [5, 5.41) is 58.9. The van der Waals surface area contributed by atoms with Crippen LogP contribution in [0.1, 0.15) is 26.7 Å². The first-order valence-electron chi connectivity index (χ1n) is 11.1. The van der Waals surface area contributed by atoms with Gasteiger partial charge in [-0.05, 0) is 18.9 Å². The van der Waals surface area contributed by atoms with E-state index in [1.807, 2.05) is 19.1 Å². The fraction of sp³-hybridized carbons (Fsp3) is 0.909. The maximum absolute atomic E-state index is 12.3. The normalized spacial score (nSPS) is 67.1. The highest BCUT2D eigenvalue weighted by atomic mass is 16.5. The number of methoxy groups -OCH3 is 1. The number of piperidine rings is 1. The molecule has 29 heavy (non-hydrogen) atoms. The maximum atomic E-state index is 12.3. The summed E-state index contributed by atoms with van der Waals surface area (Å²) < 4.78 is 5.66. The zero-order valence-electron chi connectivity index (χ0n) is 17.3. The van der Waals surface area contributed by atoms with Crippen molar-refractivity contribution in [3.63, 3.8) is 0 Å². The summed E-state index contributed by atoms with van der Waals surface area (Å²) in [4.78, 5) is 2.16. The Morgan fingerprint density at radius 1 is 1.21 bits per heavy atom. The third-order valence-electron chi connectivity index (χ3n) is 10.3. The first-order chi connectivity index (χ1) is 13.6. The number of hydrogen-bond donors (Lipinski definition) is 5. The Morgan fingerprint density at radius 3 is 2.59 bits per heavy atom. The average Bonchev–Trinajstić information content (AvgIpc) is 3.04. The Bertz CT molecular complexity index is 791. The van der Waals surface area contributed by atoms with Gasteiger partial charge in [0.1, 0.15) is 11.2 Å². The maximum Gasteiger partial charge on any atom is 0.136 e. The summed E-state index contributed by atoms with van der Waals surface area (Å²) in [5.74, 6) is -1.29. The molecule has 7 heteroatoms. The van der Waals surface area contributed by atoms with E-state index in [2.05, 4.69) is 11.8 Å². The lowest BCUT2D eigenvalue weighted by Crippen LogP contribution is -2.81. The predicted octanol–water partition coefficient (Wildman–Crippen LogP) is -0.888. The molecule has 13 atom stereocenters. The molecule has 0 radical (unpaired) electrons. The Balaban J connectivity index is 1.68. The topological polar surface area (TPSA) is 114 Å². The lowest BCUT2D eigenvalue weighted by atomic mass is 9.44. The van der Waals surface area contributed by atoms with E-state index in [-0.39, 0.29) is 30.3 Å². The lowest BCUT2D eigenvalue weighted by Gasteiger charge is -2.68. The third kappa shape index (κ3) is 1.63. The Kier molecular flexibility index (Phi) is 3.48. The van der Waals surface area contributed by atoms with Crippen molar-refractivity contribution in [2.75, 3.05) is 20.2 Å². The van der Waals surface area contributed by atoms with E-state index in [0.29, 0.717) is 19.5 Å². The van der Waals surface area contributed by atoms with E-state index in [1.165, 1.54) is 0 Å². The van der Waals surface area contributed by atoms with Gasteiger partial charge in [-0.2, -0.15) is 0 Å². The highest BCUT2D eigenvalue weighted by Gasteiger charge is 2.90. The Labute approximate surface area is 171 Å². The molecule has 4 saturated carbocycles. The second kappa shape index (κ2) is 5.26. The molecule has 5 fully saturated rings. The van der Waals surface area contributed by atoms with Crippen LogP contribution in [-0.2, 0) is 4.74 Å². The van der Waals surface area contributed by atoms with E-state index in [9.17, 15) is 25.5 Å². The largest absolute Gasteiger partial charge is 0.392 e. The number of nitrogens with zero attached hydrogens (tertiary/aromatic N) is 1. The molecule has 5 aliphatic carbocycles. The smallest absolute Gasteiger partial charge is 0.136 e. The molecule has 7 nitrogen and oxygen atoms in total. The van der Waals surface area contributed by atoms with Crippen molar-refractivity contribution in [1.29, 1.82) is 0 Å². The minimum Gasteiger partial charge on any atom is -0.392 e. The number of fused-ring (bicyclic) bond motifs is 2. The van der Waals surface area contributed by atoms with Crippen LogP contribution < -0.4 is 0 Å². The number of ether oxygens (including phenoxy) is 1. The standard InChI is InChI=1S/C22H33NO6/c1-4-23-9-19(2)6-5-13(24)21-11-7-10-12(29-3)8-20(27,14(11)15(10)25)22(28,18(21)23)17(26)16(19)21/h5-6,10-18,24-28H,4,7-9H2,1-3H3/t10?,11?,12-,13?,14?,15?,16?,17?,18?,19-,20+,21?,22-/m0/s1. The van der Waals surface area contributed by atoms with Gasteiger partial charge in [0, 0.05) is 48.7 Å². The molecule has 7 bridgehead atoms. The van der Waals surface area contributed by atoms with Crippen molar-refractivity contribution < 1.29 is 30.3 Å². The van der Waals surface area contributed by atoms with Gasteiger partial charge in [0.15, 0.2) is 0 Å². The average molecular weight is 408 g/mol. The Hall–Kier alpha value is -0.540. The second-order valence-corrected chi connectivity index (χ2v) is 10.9. The van der Waals surface area contributed by atoms with Gasteiger partial charge >= 0.3 is 0 Å². The van der Waals surface area contributed by atoms with E-state index in [0.717, 1.165) is 0 Å². The molecule has 1 aliphatic heterocycles. The van der Waals surface area contributed by atoms with Crippen LogP contribution >= 0.6 is 0 Å². The zero-order chi connectivity index (χ0) is 20.7. The zero-order valence-corrected chi connectivity index (χ0v) is 17.3. The quantitative estimate of drug-likeness (QED) is 0.378. The van der Waals surface area contributed by atoms with Gasteiger partial charge in [0.2, 0.25) is 0 Å². The summed E-state index contributed by atoms with van der Waals surface area (Å²) in [6.45, 7) is 5.43. The van der Waals surface area contributed by atoms with Crippen molar-refractivity contribution in [2.45, 2.75) is 68.3 Å². The molecule has 6 rings (SSSR count). The molecule has 9 unspecified atom stereocenters. The van der Waals surface area contributed by atoms with E-state index >= 15 is 0 Å². The van der Waals surface area contributed by atoms with Crippen molar-refractivity contribution in [3.05, 3.63) is 12.2 Å². The summed E-state index contributed by atoms with van der Waals surface area (Å²) >= 11 is 0. The van der Waals surface area contributed by atoms with Gasteiger partial charge in [-0.1, -0.05) is 26.0 Å². The van der Waals surface area contributed by atoms with Crippen LogP contribution in [0.25, 0.3) is 0 Å². The molecule has 0 aromatic heterocycles.